The van der Waals surface area contributed by atoms with Gasteiger partial charge in [-0.1, -0.05) is 328 Å². The zero-order valence-corrected chi connectivity index (χ0v) is 73.1. The number of fused-ring (bicyclic) bond motifs is 24. The molecule has 0 aliphatic heterocycles. The Morgan fingerprint density at radius 2 is 0.412 bits per heavy atom. The first-order valence-electron chi connectivity index (χ1n) is 46.2. The van der Waals surface area contributed by atoms with Crippen LogP contribution in [-0.4, -0.2) is 57.3 Å². The van der Waals surface area contributed by atoms with Crippen LogP contribution in [-0.2, 0) is 0 Å². The Morgan fingerprint density at radius 1 is 0.140 bits per heavy atom. The van der Waals surface area contributed by atoms with Gasteiger partial charge in [0.15, 0.2) is 23.3 Å². The molecule has 0 unspecified atom stereocenters. The molecule has 0 spiro atoms. The average Bonchev–Trinajstić information content (AvgIpc) is 1.53. The van der Waals surface area contributed by atoms with E-state index in [9.17, 15) is 0 Å². The first-order chi connectivity index (χ1) is 67.5. The maximum Gasteiger partial charge on any atom is 0.238 e. The van der Waals surface area contributed by atoms with E-state index in [1.165, 1.54) is 32.3 Å². The Balaban J connectivity index is 0.605. The molecule has 0 aliphatic carbocycles. The Hall–Kier alpha value is -18.5. The van der Waals surface area contributed by atoms with Gasteiger partial charge in [0.1, 0.15) is 0 Å². The summed E-state index contributed by atoms with van der Waals surface area (Å²) >= 11 is 0. The highest BCUT2D eigenvalue weighted by atomic mass is 15.2. The molecule has 0 amide bonds. The van der Waals surface area contributed by atoms with Gasteiger partial charge in [-0.3, -0.25) is 9.13 Å². The second-order valence-corrected chi connectivity index (χ2v) is 35.5. The SMILES string of the molecule is c1ccc(-c2cc(-c3ccc(-c4nc(-c5cccc6ccccc56)nc(-n5c6ccccc6c6c(-n7c8ccccc8c8c9c%10ccccc%10n(-c%10ccccc%10)c9ccc87)cccc65)n4)c4ccccc34)cc(-n3c4ccccc4c4c5c6ccccc6n(-c6cccc7c6c6ccccc6n7-c6nc(-c7cccc8ccccc78)nc(-c7cccc8ccccc78)n6)c5ccc43)c2)cc1. The molecule has 21 aromatic carbocycles. The smallest absolute Gasteiger partial charge is 0.238 e. The molecule has 8 aromatic heterocycles. The van der Waals surface area contributed by atoms with E-state index in [2.05, 4.69) is 476 Å². The van der Waals surface area contributed by atoms with E-state index in [0.717, 1.165) is 209 Å². The summed E-state index contributed by atoms with van der Waals surface area (Å²) in [6, 6.07) is 163. The molecule has 0 N–H and O–H groups in total. The lowest BCUT2D eigenvalue weighted by Crippen LogP contribution is -2.07. The first kappa shape index (κ1) is 75.3. The van der Waals surface area contributed by atoms with Gasteiger partial charge in [-0.25, -0.2) is 9.97 Å². The number of benzene rings is 21. The van der Waals surface area contributed by atoms with Crippen LogP contribution in [0.2, 0.25) is 0 Å². The van der Waals surface area contributed by atoms with Gasteiger partial charge in [-0.05, 0) is 187 Å². The van der Waals surface area contributed by atoms with Crippen molar-refractivity contribution in [3.05, 3.63) is 449 Å². The third-order valence-corrected chi connectivity index (χ3v) is 28.3. The normalized spacial score (nSPS) is 12.1. The van der Waals surface area contributed by atoms with Crippen LogP contribution in [0.5, 0.6) is 0 Å². The summed E-state index contributed by atoms with van der Waals surface area (Å²) in [5, 5.41) is 22.3. The maximum atomic E-state index is 5.80. The van der Waals surface area contributed by atoms with Crippen molar-refractivity contribution in [2.45, 2.75) is 0 Å². The molecule has 0 aliphatic rings. The number of hydrogen-bond donors (Lipinski definition) is 0. The minimum absolute atomic E-state index is 0.507. The predicted molar refractivity (Wildman–Crippen MR) is 562 cm³/mol. The molecule has 136 heavy (non-hydrogen) atoms. The molecule has 0 bridgehead atoms. The second-order valence-electron chi connectivity index (χ2n) is 35.5. The summed E-state index contributed by atoms with van der Waals surface area (Å²) in [6.07, 6.45) is 0. The molecule has 0 saturated carbocycles. The zero-order chi connectivity index (χ0) is 88.9. The quantitative estimate of drug-likeness (QED) is 0.121. The van der Waals surface area contributed by atoms with Crippen molar-refractivity contribution in [1.29, 1.82) is 0 Å². The van der Waals surface area contributed by atoms with Crippen molar-refractivity contribution in [2.24, 2.45) is 0 Å². The molecule has 0 saturated heterocycles. The van der Waals surface area contributed by atoms with Gasteiger partial charge in [-0.2, -0.15) is 19.9 Å². The molecule has 29 rings (SSSR count). The van der Waals surface area contributed by atoms with Gasteiger partial charge in [0.25, 0.3) is 0 Å². The van der Waals surface area contributed by atoms with Crippen LogP contribution in [0, 0.1) is 0 Å². The molecule has 12 heteroatoms. The predicted octanol–water partition coefficient (Wildman–Crippen LogP) is 31.3. The number of hydrogen-bond acceptors (Lipinski definition) is 6. The number of para-hydroxylation sites is 7. The van der Waals surface area contributed by atoms with E-state index >= 15 is 0 Å². The highest BCUT2D eigenvalue weighted by molar-refractivity contribution is 6.32. The molecule has 0 radical (unpaired) electrons. The summed E-state index contributed by atoms with van der Waals surface area (Å²) in [7, 11) is 0. The van der Waals surface area contributed by atoms with E-state index < -0.39 is 0 Å². The van der Waals surface area contributed by atoms with Crippen LogP contribution < -0.4 is 0 Å². The second kappa shape index (κ2) is 29.5. The van der Waals surface area contributed by atoms with E-state index in [1.54, 1.807) is 0 Å². The molecule has 29 aromatic rings. The highest BCUT2D eigenvalue weighted by Crippen LogP contribution is 2.50. The van der Waals surface area contributed by atoms with Crippen LogP contribution in [0.1, 0.15) is 0 Å². The Morgan fingerprint density at radius 3 is 0.824 bits per heavy atom. The third kappa shape index (κ3) is 11.1. The number of rotatable bonds is 12. The molecular weight excluding hydrogens is 1660 g/mol. The fourth-order valence-electron chi connectivity index (χ4n) is 22.6. The van der Waals surface area contributed by atoms with Crippen LogP contribution in [0.25, 0.3) is 276 Å². The summed E-state index contributed by atoms with van der Waals surface area (Å²) in [4.78, 5) is 33.7. The minimum Gasteiger partial charge on any atom is -0.309 e. The van der Waals surface area contributed by atoms with Crippen LogP contribution >= 0.6 is 0 Å². The topological polar surface area (TPSA) is 107 Å². The van der Waals surface area contributed by atoms with Crippen molar-refractivity contribution in [3.8, 4) is 102 Å². The standard InChI is InChI=1S/C124H74N12/c1-3-32-75(33-4-1)79-72-80(74-82(73-79)132-100-57-22-18-50-96(100)116-110(132)69-71-112-118(116)98-52-20-24-59-102(98)134(112)106-63-30-64-107-113(106)93-47-15-25-60-103(93)135(107)123-127-119(89-53-27-37-76-34-7-10-42-83(76)89)125-120(128-123)90-54-28-38-77-35-8-11-43-84(77)90)86-66-67-92(88-46-14-13-45-87(86)88)122-126-121(91-55-29-39-78-36-9-12-44-85(78)91)129-124(130-122)136-104-61-26-16-48-94(104)114-105(62-31-65-108(114)136)133-101-58-23-19-51-97(101)117-111(133)70-68-109-115(117)95-49-17-21-56-99(95)131(109)81-40-5-2-6-41-81/h1-74H. The summed E-state index contributed by atoms with van der Waals surface area (Å²) in [5.41, 5.74) is 25.0. The van der Waals surface area contributed by atoms with Crippen molar-refractivity contribution in [2.75, 3.05) is 0 Å². The van der Waals surface area contributed by atoms with Crippen molar-refractivity contribution < 1.29 is 0 Å². The summed E-state index contributed by atoms with van der Waals surface area (Å²) in [5.74, 6) is 3.35. The summed E-state index contributed by atoms with van der Waals surface area (Å²) in [6.45, 7) is 0. The third-order valence-electron chi connectivity index (χ3n) is 28.3. The largest absolute Gasteiger partial charge is 0.309 e. The van der Waals surface area contributed by atoms with Gasteiger partial charge >= 0.3 is 0 Å². The first-order valence-corrected chi connectivity index (χ1v) is 46.2. The molecule has 12 nitrogen and oxygen atoms in total. The molecule has 0 atom stereocenters. The molecule has 630 valence electrons. The lowest BCUT2D eigenvalue weighted by atomic mass is 9.92. The van der Waals surface area contributed by atoms with Crippen LogP contribution in [0.4, 0.5) is 0 Å². The Kier molecular flexibility index (Phi) is 16.3. The van der Waals surface area contributed by atoms with E-state index in [1.807, 2.05) is 0 Å². The van der Waals surface area contributed by atoms with E-state index in [4.69, 9.17) is 29.9 Å². The van der Waals surface area contributed by atoms with Crippen molar-refractivity contribution >= 4 is 174 Å². The van der Waals surface area contributed by atoms with E-state index in [0.29, 0.717) is 35.2 Å². The fraction of sp³-hybridized carbons (Fsp3) is 0. The van der Waals surface area contributed by atoms with Crippen molar-refractivity contribution in [1.82, 2.24) is 57.3 Å². The van der Waals surface area contributed by atoms with E-state index in [-0.39, 0.29) is 0 Å². The Bertz CT molecular complexity index is 10100. The zero-order valence-electron chi connectivity index (χ0n) is 73.1. The van der Waals surface area contributed by atoms with Gasteiger partial charge in [-0.15, -0.1) is 0 Å². The van der Waals surface area contributed by atoms with Gasteiger partial charge in [0.2, 0.25) is 11.9 Å². The van der Waals surface area contributed by atoms with Gasteiger partial charge in [0, 0.05) is 98.3 Å². The lowest BCUT2D eigenvalue weighted by Gasteiger charge is -2.17. The molecular formula is C124H74N12. The maximum absolute atomic E-state index is 5.80. The lowest BCUT2D eigenvalue weighted by molar-refractivity contribution is 0.954. The number of aromatic nitrogens is 12. The number of nitrogens with zero attached hydrogens (tertiary/aromatic N) is 12. The molecule has 0 fully saturated rings. The highest BCUT2D eigenvalue weighted by Gasteiger charge is 2.30. The monoisotopic (exact) mass is 1730 g/mol. The van der Waals surface area contributed by atoms with Gasteiger partial charge < -0.3 is 18.3 Å². The van der Waals surface area contributed by atoms with Crippen LogP contribution in [0.3, 0.4) is 0 Å². The Labute approximate surface area is 777 Å². The minimum atomic E-state index is 0.507. The fourth-order valence-corrected chi connectivity index (χ4v) is 22.6. The van der Waals surface area contributed by atoms with Crippen molar-refractivity contribution in [3.63, 3.8) is 0 Å². The average molecular weight is 1730 g/mol. The van der Waals surface area contributed by atoms with Gasteiger partial charge in [0.05, 0.1) is 77.6 Å². The molecule has 8 heterocycles. The van der Waals surface area contributed by atoms with Crippen LogP contribution in [0.15, 0.2) is 449 Å². The summed E-state index contributed by atoms with van der Waals surface area (Å²) < 4.78 is 14.4.